The quantitative estimate of drug-likeness (QED) is 0.812. The number of aromatic nitrogens is 2. The summed E-state index contributed by atoms with van der Waals surface area (Å²) in [5, 5.41) is 11.5. The van der Waals surface area contributed by atoms with Gasteiger partial charge in [0.2, 0.25) is 0 Å². The molecule has 0 bridgehead atoms. The first kappa shape index (κ1) is 11.8. The van der Waals surface area contributed by atoms with Gasteiger partial charge >= 0.3 is 0 Å². The number of hydrogen-bond acceptors (Lipinski definition) is 4. The lowest BCUT2D eigenvalue weighted by molar-refractivity contribution is -0.0129. The Labute approximate surface area is 104 Å². The molecule has 0 unspecified atom stereocenters. The van der Waals surface area contributed by atoms with E-state index in [4.69, 9.17) is 0 Å². The first-order valence-corrected chi connectivity index (χ1v) is 6.33. The van der Waals surface area contributed by atoms with Crippen LogP contribution in [0.4, 0.5) is 14.6 Å². The second kappa shape index (κ2) is 4.42. The predicted octanol–water partition coefficient (Wildman–Crippen LogP) is 1.01. The highest BCUT2D eigenvalue weighted by Crippen LogP contribution is 2.32. The lowest BCUT2D eigenvalue weighted by Gasteiger charge is -2.29. The van der Waals surface area contributed by atoms with Gasteiger partial charge in [-0.05, 0) is 18.1 Å². The molecule has 0 aromatic carbocycles. The van der Waals surface area contributed by atoms with E-state index in [9.17, 15) is 8.78 Å². The van der Waals surface area contributed by atoms with Crippen molar-refractivity contribution in [1.29, 1.82) is 0 Å². The van der Waals surface area contributed by atoms with Gasteiger partial charge in [0, 0.05) is 39.0 Å². The van der Waals surface area contributed by atoms with Crippen LogP contribution in [0, 0.1) is 0 Å². The predicted molar refractivity (Wildman–Crippen MR) is 64.1 cm³/mol. The van der Waals surface area contributed by atoms with E-state index in [0.717, 1.165) is 37.7 Å². The molecule has 1 fully saturated rings. The van der Waals surface area contributed by atoms with Crippen LogP contribution in [-0.4, -0.2) is 42.3 Å². The summed E-state index contributed by atoms with van der Waals surface area (Å²) >= 11 is 0. The molecule has 2 aliphatic rings. The van der Waals surface area contributed by atoms with Gasteiger partial charge in [-0.1, -0.05) is 0 Å². The Bertz CT molecular complexity index is 444. The topological polar surface area (TPSA) is 41.1 Å². The molecule has 0 spiro atoms. The van der Waals surface area contributed by atoms with Crippen molar-refractivity contribution in [2.75, 3.05) is 31.1 Å². The molecule has 18 heavy (non-hydrogen) atoms. The van der Waals surface area contributed by atoms with E-state index in [-0.39, 0.29) is 12.8 Å². The Morgan fingerprint density at radius 1 is 1.22 bits per heavy atom. The van der Waals surface area contributed by atoms with Gasteiger partial charge in [-0.15, -0.1) is 5.10 Å². The molecule has 0 atom stereocenters. The maximum Gasteiger partial charge on any atom is 0.252 e. The third-order valence-electron chi connectivity index (χ3n) is 3.56. The summed E-state index contributed by atoms with van der Waals surface area (Å²) in [6.45, 7) is 3.50. The molecule has 1 N–H and O–H groups in total. The third kappa shape index (κ3) is 2.29. The highest BCUT2D eigenvalue weighted by atomic mass is 19.3. The zero-order valence-electron chi connectivity index (χ0n) is 10.1. The monoisotopic (exact) mass is 254 g/mol. The number of nitrogens with one attached hydrogen (secondary N) is 1. The number of piperazine rings is 1. The molecule has 3 rings (SSSR count). The van der Waals surface area contributed by atoms with Crippen LogP contribution < -0.4 is 10.2 Å². The number of halogens is 2. The number of hydrogen-bond donors (Lipinski definition) is 1. The van der Waals surface area contributed by atoms with Crippen molar-refractivity contribution in [3.8, 4) is 0 Å². The van der Waals surface area contributed by atoms with E-state index in [1.54, 1.807) is 6.07 Å². The molecule has 0 saturated carbocycles. The lowest BCUT2D eigenvalue weighted by atomic mass is 9.93. The Hall–Kier alpha value is -1.30. The van der Waals surface area contributed by atoms with Gasteiger partial charge in [0.1, 0.15) is 0 Å². The molecule has 6 heteroatoms. The first-order chi connectivity index (χ1) is 8.64. The molecule has 1 aliphatic heterocycles. The number of alkyl halides is 2. The van der Waals surface area contributed by atoms with Gasteiger partial charge in [0.25, 0.3) is 5.92 Å². The van der Waals surface area contributed by atoms with Crippen LogP contribution >= 0.6 is 0 Å². The number of fused-ring (bicyclic) bond motifs is 1. The van der Waals surface area contributed by atoms with Gasteiger partial charge in [0.05, 0.1) is 5.69 Å². The van der Waals surface area contributed by atoms with Crippen LogP contribution in [0.1, 0.15) is 17.7 Å². The fourth-order valence-corrected chi connectivity index (χ4v) is 2.52. The van der Waals surface area contributed by atoms with E-state index < -0.39 is 5.92 Å². The first-order valence-electron chi connectivity index (χ1n) is 6.33. The summed E-state index contributed by atoms with van der Waals surface area (Å²) in [7, 11) is 0. The number of anilines is 1. The fraction of sp³-hybridized carbons (Fsp3) is 0.667. The molecular weight excluding hydrogens is 238 g/mol. The smallest absolute Gasteiger partial charge is 0.252 e. The Morgan fingerprint density at radius 3 is 2.78 bits per heavy atom. The van der Waals surface area contributed by atoms with Crippen LogP contribution in [0.15, 0.2) is 6.07 Å². The molecule has 1 aromatic rings. The summed E-state index contributed by atoms with van der Waals surface area (Å²) in [5.41, 5.74) is 1.40. The van der Waals surface area contributed by atoms with Gasteiger partial charge in [-0.3, -0.25) is 0 Å². The second-order valence-electron chi connectivity index (χ2n) is 4.94. The molecule has 1 aromatic heterocycles. The van der Waals surface area contributed by atoms with Gasteiger partial charge in [0.15, 0.2) is 5.82 Å². The SMILES string of the molecule is FC1(F)CCc2nnc(N3CCNCC3)cc2C1. The molecule has 0 radical (unpaired) electrons. The lowest BCUT2D eigenvalue weighted by Crippen LogP contribution is -2.44. The van der Waals surface area contributed by atoms with Crippen LogP contribution in [0.5, 0.6) is 0 Å². The summed E-state index contributed by atoms with van der Waals surface area (Å²) in [6, 6.07) is 1.79. The Kier molecular flexibility index (Phi) is 2.89. The van der Waals surface area contributed by atoms with Crippen molar-refractivity contribution in [2.45, 2.75) is 25.2 Å². The Balaban J connectivity index is 1.85. The molecule has 98 valence electrons. The van der Waals surface area contributed by atoms with Gasteiger partial charge in [-0.2, -0.15) is 5.10 Å². The highest BCUT2D eigenvalue weighted by molar-refractivity contribution is 5.43. The zero-order valence-corrected chi connectivity index (χ0v) is 10.1. The fourth-order valence-electron chi connectivity index (χ4n) is 2.52. The van der Waals surface area contributed by atoms with E-state index >= 15 is 0 Å². The zero-order chi connectivity index (χ0) is 12.6. The molecule has 1 saturated heterocycles. The molecule has 2 heterocycles. The van der Waals surface area contributed by atoms with Crippen LogP contribution in [0.3, 0.4) is 0 Å². The van der Waals surface area contributed by atoms with Crippen molar-refractivity contribution in [2.24, 2.45) is 0 Å². The largest absolute Gasteiger partial charge is 0.353 e. The average molecular weight is 254 g/mol. The maximum absolute atomic E-state index is 13.4. The minimum Gasteiger partial charge on any atom is -0.353 e. The van der Waals surface area contributed by atoms with Gasteiger partial charge in [-0.25, -0.2) is 8.78 Å². The maximum atomic E-state index is 13.4. The van der Waals surface area contributed by atoms with Crippen molar-refractivity contribution in [1.82, 2.24) is 15.5 Å². The highest BCUT2D eigenvalue weighted by Gasteiger charge is 2.35. The third-order valence-corrected chi connectivity index (χ3v) is 3.56. The van der Waals surface area contributed by atoms with Crippen LogP contribution in [-0.2, 0) is 12.8 Å². The van der Waals surface area contributed by atoms with E-state index in [1.165, 1.54) is 0 Å². The average Bonchev–Trinajstić information content (AvgIpc) is 2.38. The minimum absolute atomic E-state index is 0.109. The summed E-state index contributed by atoms with van der Waals surface area (Å²) in [5.74, 6) is -1.86. The Morgan fingerprint density at radius 2 is 2.00 bits per heavy atom. The number of nitrogens with zero attached hydrogens (tertiary/aromatic N) is 3. The van der Waals surface area contributed by atoms with E-state index in [1.807, 2.05) is 0 Å². The van der Waals surface area contributed by atoms with Gasteiger partial charge < -0.3 is 10.2 Å². The number of rotatable bonds is 1. The van der Waals surface area contributed by atoms with Crippen molar-refractivity contribution >= 4 is 5.82 Å². The molecule has 4 nitrogen and oxygen atoms in total. The van der Waals surface area contributed by atoms with Crippen molar-refractivity contribution in [3.05, 3.63) is 17.3 Å². The summed E-state index contributed by atoms with van der Waals surface area (Å²) in [4.78, 5) is 2.09. The standard InChI is InChI=1S/C12H16F2N4/c13-12(14)2-1-10-9(8-12)7-11(17-16-10)18-5-3-15-4-6-18/h7,15H,1-6,8H2. The molecule has 0 amide bonds. The van der Waals surface area contributed by atoms with Crippen molar-refractivity contribution in [3.63, 3.8) is 0 Å². The molecular formula is C12H16F2N4. The van der Waals surface area contributed by atoms with Crippen molar-refractivity contribution < 1.29 is 8.78 Å². The minimum atomic E-state index is -2.59. The van der Waals surface area contributed by atoms with Crippen LogP contribution in [0.25, 0.3) is 0 Å². The molecule has 1 aliphatic carbocycles. The van der Waals surface area contributed by atoms with Crippen LogP contribution in [0.2, 0.25) is 0 Å². The number of aryl methyl sites for hydroxylation is 1. The second-order valence-corrected chi connectivity index (χ2v) is 4.94. The van der Waals surface area contributed by atoms with E-state index in [2.05, 4.69) is 20.4 Å². The summed E-state index contributed by atoms with van der Waals surface area (Å²) < 4.78 is 26.8. The van der Waals surface area contributed by atoms with E-state index in [0.29, 0.717) is 12.0 Å². The summed E-state index contributed by atoms with van der Waals surface area (Å²) in [6.07, 6.45) is 0.0236. The normalized spacial score (nSPS) is 22.7.